The second kappa shape index (κ2) is 6.80. The van der Waals surface area contributed by atoms with Crippen molar-refractivity contribution in [1.29, 1.82) is 0 Å². The molecule has 0 fully saturated rings. The quantitative estimate of drug-likeness (QED) is 0.742. The molecule has 1 atom stereocenters. The maximum absolute atomic E-state index is 12.0. The maximum atomic E-state index is 12.0. The Morgan fingerprint density at radius 2 is 1.96 bits per heavy atom. The number of pyridine rings is 1. The molecule has 0 aliphatic heterocycles. The van der Waals surface area contributed by atoms with Crippen LogP contribution in [0.5, 0.6) is 0 Å². The molecule has 0 bridgehead atoms. The monoisotopic (exact) mass is 310 g/mol. The molecule has 7 heteroatoms. The smallest absolute Gasteiger partial charge is 0.316 e. The Morgan fingerprint density at radius 1 is 1.17 bits per heavy atom. The molecule has 0 aliphatic carbocycles. The van der Waals surface area contributed by atoms with E-state index in [0.717, 1.165) is 0 Å². The Kier molecular flexibility index (Phi) is 4.39. The number of carbonyl (C=O) groups excluding carboxylic acids is 1. The molecule has 0 unspecified atom stereocenters. The van der Waals surface area contributed by atoms with E-state index >= 15 is 0 Å². The van der Waals surface area contributed by atoms with E-state index in [1.165, 1.54) is 0 Å². The second-order valence-electron chi connectivity index (χ2n) is 4.77. The highest BCUT2D eigenvalue weighted by molar-refractivity contribution is 5.89. The summed E-state index contributed by atoms with van der Waals surface area (Å²) in [5, 5.41) is 16.3. The van der Waals surface area contributed by atoms with Crippen molar-refractivity contribution in [3.8, 4) is 11.5 Å². The van der Waals surface area contributed by atoms with Crippen LogP contribution in [0.4, 0.5) is 0 Å². The first-order valence-corrected chi connectivity index (χ1v) is 7.00. The van der Waals surface area contributed by atoms with Gasteiger partial charge < -0.3 is 14.9 Å². The van der Waals surface area contributed by atoms with Crippen LogP contribution in [0.25, 0.3) is 11.5 Å². The molecule has 0 spiro atoms. The van der Waals surface area contributed by atoms with E-state index in [0.29, 0.717) is 11.3 Å². The minimum atomic E-state index is -0.807. The number of hydrogen-bond donors (Lipinski definition) is 2. The van der Waals surface area contributed by atoms with Crippen LogP contribution in [0.1, 0.15) is 22.4 Å². The zero-order chi connectivity index (χ0) is 16.1. The molecule has 2 N–H and O–H groups in total. The molecule has 2 aromatic heterocycles. The molecule has 0 radical (unpaired) electrons. The molecule has 3 rings (SSSR count). The number of amides is 1. The highest BCUT2D eigenvalue weighted by atomic mass is 16.5. The summed E-state index contributed by atoms with van der Waals surface area (Å²) in [6.45, 7) is 0.0458. The minimum Gasteiger partial charge on any atom is -0.387 e. The molecular weight excluding hydrogens is 296 g/mol. The van der Waals surface area contributed by atoms with E-state index in [2.05, 4.69) is 20.4 Å². The fraction of sp³-hybridized carbons (Fsp3) is 0.125. The zero-order valence-corrected chi connectivity index (χ0v) is 12.1. The van der Waals surface area contributed by atoms with Crippen LogP contribution >= 0.6 is 0 Å². The first-order chi connectivity index (χ1) is 11.2. The van der Waals surface area contributed by atoms with Gasteiger partial charge in [0.2, 0.25) is 5.82 Å². The number of nitrogens with zero attached hydrogens (tertiary/aromatic N) is 3. The van der Waals surface area contributed by atoms with Crippen molar-refractivity contribution in [3.05, 3.63) is 66.2 Å². The topological polar surface area (TPSA) is 101 Å². The number of carbonyl (C=O) groups is 1. The lowest BCUT2D eigenvalue weighted by Crippen LogP contribution is -2.28. The third-order valence-electron chi connectivity index (χ3n) is 3.15. The highest BCUT2D eigenvalue weighted by Crippen LogP contribution is 2.13. The Hall–Kier alpha value is -3.06. The maximum Gasteiger partial charge on any atom is 0.316 e. The summed E-state index contributed by atoms with van der Waals surface area (Å²) < 4.78 is 4.92. The Balaban J connectivity index is 1.62. The molecule has 23 heavy (non-hydrogen) atoms. The number of aromatic nitrogens is 3. The van der Waals surface area contributed by atoms with Crippen LogP contribution in [-0.4, -0.2) is 32.7 Å². The van der Waals surface area contributed by atoms with E-state index in [1.54, 1.807) is 36.5 Å². The normalized spacial score (nSPS) is 11.9. The van der Waals surface area contributed by atoms with Gasteiger partial charge in [-0.15, -0.1) is 0 Å². The van der Waals surface area contributed by atoms with Crippen molar-refractivity contribution in [2.75, 3.05) is 6.54 Å². The van der Waals surface area contributed by atoms with Gasteiger partial charge in [0.1, 0.15) is 5.69 Å². The van der Waals surface area contributed by atoms with E-state index < -0.39 is 12.0 Å². The number of aliphatic hydroxyl groups excluding tert-OH is 1. The van der Waals surface area contributed by atoms with Crippen LogP contribution in [0, 0.1) is 0 Å². The number of rotatable bonds is 5. The number of nitrogens with one attached hydrogen (secondary N) is 1. The van der Waals surface area contributed by atoms with Crippen molar-refractivity contribution >= 4 is 5.91 Å². The predicted octanol–water partition coefficient (Wildman–Crippen LogP) is 1.59. The van der Waals surface area contributed by atoms with Gasteiger partial charge in [-0.3, -0.25) is 9.78 Å². The molecule has 2 heterocycles. The first-order valence-electron chi connectivity index (χ1n) is 7.00. The lowest BCUT2D eigenvalue weighted by molar-refractivity contribution is 0.0873. The van der Waals surface area contributed by atoms with E-state index in [9.17, 15) is 9.90 Å². The van der Waals surface area contributed by atoms with E-state index in [1.807, 2.05) is 18.2 Å². The summed E-state index contributed by atoms with van der Waals surface area (Å²) in [4.78, 5) is 20.1. The van der Waals surface area contributed by atoms with Crippen molar-refractivity contribution < 1.29 is 14.4 Å². The third-order valence-corrected chi connectivity index (χ3v) is 3.15. The summed E-state index contributed by atoms with van der Waals surface area (Å²) in [6.07, 6.45) is 0.792. The Morgan fingerprint density at radius 3 is 2.70 bits per heavy atom. The largest absolute Gasteiger partial charge is 0.387 e. The van der Waals surface area contributed by atoms with Crippen molar-refractivity contribution in [2.24, 2.45) is 0 Å². The number of hydrogen-bond acceptors (Lipinski definition) is 6. The van der Waals surface area contributed by atoms with Crippen molar-refractivity contribution in [2.45, 2.75) is 6.10 Å². The molecule has 3 aromatic rings. The standard InChI is InChI=1S/C16H14N4O3/c21-13(11-6-2-1-3-7-11)10-18-15(22)16-19-14(20-23-16)12-8-4-5-9-17-12/h1-9,13,21H,10H2,(H,18,22)/t13-/m0/s1. The number of benzene rings is 1. The summed E-state index contributed by atoms with van der Waals surface area (Å²) in [6, 6.07) is 14.3. The second-order valence-corrected chi connectivity index (χ2v) is 4.77. The van der Waals surface area contributed by atoms with Gasteiger partial charge in [0, 0.05) is 12.7 Å². The first kappa shape index (κ1) is 14.9. The van der Waals surface area contributed by atoms with Crippen LogP contribution in [0.15, 0.2) is 59.3 Å². The lowest BCUT2D eigenvalue weighted by atomic mass is 10.1. The Labute approximate surface area is 132 Å². The van der Waals surface area contributed by atoms with Gasteiger partial charge in [-0.05, 0) is 17.7 Å². The van der Waals surface area contributed by atoms with Crippen LogP contribution in [0.3, 0.4) is 0 Å². The van der Waals surface area contributed by atoms with Gasteiger partial charge in [-0.2, -0.15) is 4.98 Å². The molecule has 7 nitrogen and oxygen atoms in total. The van der Waals surface area contributed by atoms with E-state index in [-0.39, 0.29) is 18.3 Å². The average Bonchev–Trinajstić information content (AvgIpc) is 3.11. The highest BCUT2D eigenvalue weighted by Gasteiger charge is 2.17. The summed E-state index contributed by atoms with van der Waals surface area (Å²) >= 11 is 0. The van der Waals surface area contributed by atoms with Gasteiger partial charge in [-0.1, -0.05) is 41.6 Å². The molecule has 0 saturated carbocycles. The van der Waals surface area contributed by atoms with Crippen molar-refractivity contribution in [3.63, 3.8) is 0 Å². The molecule has 1 aromatic carbocycles. The third kappa shape index (κ3) is 3.58. The van der Waals surface area contributed by atoms with E-state index in [4.69, 9.17) is 4.52 Å². The lowest BCUT2D eigenvalue weighted by Gasteiger charge is -2.10. The fourth-order valence-corrected chi connectivity index (χ4v) is 1.97. The van der Waals surface area contributed by atoms with Gasteiger partial charge in [0.05, 0.1) is 6.10 Å². The Bertz CT molecular complexity index is 774. The van der Waals surface area contributed by atoms with Crippen LogP contribution < -0.4 is 5.32 Å². The molecule has 0 saturated heterocycles. The van der Waals surface area contributed by atoms with Gasteiger partial charge in [-0.25, -0.2) is 0 Å². The minimum absolute atomic E-state index is 0.0458. The van der Waals surface area contributed by atoms with Crippen LogP contribution in [0.2, 0.25) is 0 Å². The van der Waals surface area contributed by atoms with Gasteiger partial charge >= 0.3 is 11.8 Å². The summed E-state index contributed by atoms with van der Waals surface area (Å²) in [7, 11) is 0. The molecule has 1 amide bonds. The SMILES string of the molecule is O=C(NC[C@H](O)c1ccccc1)c1nc(-c2ccccn2)no1. The predicted molar refractivity (Wildman–Crippen MR) is 81.3 cm³/mol. The molecule has 0 aliphatic rings. The molecular formula is C16H14N4O3. The molecule has 116 valence electrons. The van der Waals surface area contributed by atoms with Crippen molar-refractivity contribution in [1.82, 2.24) is 20.4 Å². The summed E-state index contributed by atoms with van der Waals surface area (Å²) in [5.41, 5.74) is 1.23. The van der Waals surface area contributed by atoms with Gasteiger partial charge in [0.25, 0.3) is 0 Å². The summed E-state index contributed by atoms with van der Waals surface area (Å²) in [5.74, 6) is -0.486. The average molecular weight is 310 g/mol. The van der Waals surface area contributed by atoms with Gasteiger partial charge in [0.15, 0.2) is 0 Å². The fourth-order valence-electron chi connectivity index (χ4n) is 1.97. The number of aliphatic hydroxyl groups is 1. The zero-order valence-electron chi connectivity index (χ0n) is 12.1. The van der Waals surface area contributed by atoms with Crippen LogP contribution in [-0.2, 0) is 0 Å².